The van der Waals surface area contributed by atoms with Gasteiger partial charge < -0.3 is 5.11 Å². The highest BCUT2D eigenvalue weighted by atomic mass is 79.9. The lowest BCUT2D eigenvalue weighted by molar-refractivity contribution is 0.138. The maximum absolute atomic E-state index is 9.46. The smallest absolute Gasteiger partial charge is 0.131 e. The molecule has 56 valence electrons. The second kappa shape index (κ2) is 3.94. The summed E-state index contributed by atoms with van der Waals surface area (Å²) in [6.45, 7) is 3.97. The Morgan fingerprint density at radius 1 is 1.56 bits per heavy atom. The van der Waals surface area contributed by atoms with Crippen molar-refractivity contribution < 1.29 is 5.11 Å². The van der Waals surface area contributed by atoms with Gasteiger partial charge in [0.15, 0.2) is 0 Å². The highest BCUT2D eigenvalue weighted by Gasteiger charge is 2.27. The minimum atomic E-state index is -0.720. The molecule has 0 heterocycles. The molecule has 3 heteroatoms. The maximum Gasteiger partial charge on any atom is 0.131 e. The number of hydrogen-bond donors (Lipinski definition) is 1. The zero-order valence-corrected chi connectivity index (χ0v) is 8.87. The van der Waals surface area contributed by atoms with E-state index in [1.54, 1.807) is 0 Å². The van der Waals surface area contributed by atoms with E-state index in [4.69, 9.17) is 0 Å². The largest absolute Gasteiger partial charge is 0.378 e. The van der Waals surface area contributed by atoms with Crippen molar-refractivity contribution in [2.24, 2.45) is 0 Å². The van der Waals surface area contributed by atoms with Gasteiger partial charge in [0.25, 0.3) is 0 Å². The average molecular weight is 260 g/mol. The third-order valence-electron chi connectivity index (χ3n) is 1.33. The molecule has 0 aromatic heterocycles. The normalized spacial score (nSPS) is 21.0. The fourth-order valence-electron chi connectivity index (χ4n) is 0.534. The van der Waals surface area contributed by atoms with Gasteiger partial charge in [-0.05, 0) is 12.8 Å². The predicted octanol–water partition coefficient (Wildman–Crippen LogP) is 2.65. The van der Waals surface area contributed by atoms with E-state index < -0.39 is 4.51 Å². The van der Waals surface area contributed by atoms with Gasteiger partial charge in [0.1, 0.15) is 4.51 Å². The number of aliphatic hydroxyl groups is 1. The summed E-state index contributed by atoms with van der Waals surface area (Å²) in [6, 6.07) is 0. The van der Waals surface area contributed by atoms with Crippen LogP contribution in [0, 0.1) is 0 Å². The first-order valence-corrected chi connectivity index (χ1v) is 4.80. The number of rotatable bonds is 3. The third kappa shape index (κ3) is 3.01. The topological polar surface area (TPSA) is 20.2 Å². The van der Waals surface area contributed by atoms with Gasteiger partial charge in [0.05, 0.1) is 4.83 Å². The number of hydrogen-bond acceptors (Lipinski definition) is 1. The van der Waals surface area contributed by atoms with Crippen LogP contribution in [0.15, 0.2) is 0 Å². The van der Waals surface area contributed by atoms with Crippen molar-refractivity contribution in [3.05, 3.63) is 0 Å². The van der Waals surface area contributed by atoms with E-state index in [2.05, 4.69) is 31.9 Å². The molecule has 2 unspecified atom stereocenters. The molecule has 0 aliphatic carbocycles. The Labute approximate surface area is 73.1 Å². The SMILES string of the molecule is CCC(Br)C(O)(Br)CC. The van der Waals surface area contributed by atoms with E-state index in [0.717, 1.165) is 12.8 Å². The van der Waals surface area contributed by atoms with Crippen LogP contribution in [0.1, 0.15) is 26.7 Å². The van der Waals surface area contributed by atoms with Crippen molar-refractivity contribution in [1.82, 2.24) is 0 Å². The molecule has 0 aliphatic heterocycles. The summed E-state index contributed by atoms with van der Waals surface area (Å²) in [5.41, 5.74) is 0. The van der Waals surface area contributed by atoms with E-state index in [1.807, 2.05) is 13.8 Å². The van der Waals surface area contributed by atoms with Crippen molar-refractivity contribution in [3.63, 3.8) is 0 Å². The summed E-state index contributed by atoms with van der Waals surface area (Å²) < 4.78 is -0.720. The van der Waals surface area contributed by atoms with Crippen molar-refractivity contribution in [3.8, 4) is 0 Å². The molecule has 0 saturated carbocycles. The predicted molar refractivity (Wildman–Crippen MR) is 47.2 cm³/mol. The molecule has 0 aliphatic rings. The number of halogens is 2. The molecular formula is C6H12Br2O. The van der Waals surface area contributed by atoms with E-state index in [0.29, 0.717) is 0 Å². The quantitative estimate of drug-likeness (QED) is 0.773. The molecule has 1 nitrogen and oxygen atoms in total. The van der Waals surface area contributed by atoms with Crippen LogP contribution in [-0.2, 0) is 0 Å². The van der Waals surface area contributed by atoms with Crippen LogP contribution in [0.5, 0.6) is 0 Å². The first-order chi connectivity index (χ1) is 4.04. The Hall–Kier alpha value is 0.920. The minimum Gasteiger partial charge on any atom is -0.378 e. The molecule has 2 atom stereocenters. The average Bonchev–Trinajstić information content (AvgIpc) is 1.86. The van der Waals surface area contributed by atoms with Gasteiger partial charge in [0, 0.05) is 0 Å². The third-order valence-corrected chi connectivity index (χ3v) is 4.47. The summed E-state index contributed by atoms with van der Waals surface area (Å²) in [5, 5.41) is 9.46. The van der Waals surface area contributed by atoms with Gasteiger partial charge in [0.2, 0.25) is 0 Å². The van der Waals surface area contributed by atoms with Crippen LogP contribution in [0.25, 0.3) is 0 Å². The van der Waals surface area contributed by atoms with Crippen molar-refractivity contribution >= 4 is 31.9 Å². The lowest BCUT2D eigenvalue weighted by Gasteiger charge is -2.23. The molecule has 0 aromatic rings. The van der Waals surface area contributed by atoms with Crippen LogP contribution in [0.2, 0.25) is 0 Å². The monoisotopic (exact) mass is 258 g/mol. The van der Waals surface area contributed by atoms with Crippen LogP contribution in [0.3, 0.4) is 0 Å². The fourth-order valence-corrected chi connectivity index (χ4v) is 1.18. The Kier molecular flexibility index (Phi) is 4.34. The van der Waals surface area contributed by atoms with Crippen LogP contribution < -0.4 is 0 Å². The molecule has 0 saturated heterocycles. The second-order valence-corrected chi connectivity index (χ2v) is 4.53. The first kappa shape index (κ1) is 9.92. The van der Waals surface area contributed by atoms with Crippen LogP contribution in [-0.4, -0.2) is 14.4 Å². The lowest BCUT2D eigenvalue weighted by Crippen LogP contribution is -2.29. The molecule has 0 bridgehead atoms. The lowest BCUT2D eigenvalue weighted by atomic mass is 10.2. The maximum atomic E-state index is 9.46. The molecule has 0 rings (SSSR count). The highest BCUT2D eigenvalue weighted by Crippen LogP contribution is 2.30. The fraction of sp³-hybridized carbons (Fsp3) is 1.00. The van der Waals surface area contributed by atoms with E-state index in [9.17, 15) is 5.11 Å². The molecular weight excluding hydrogens is 248 g/mol. The number of alkyl halides is 2. The summed E-state index contributed by atoms with van der Waals surface area (Å²) in [4.78, 5) is 0.148. The summed E-state index contributed by atoms with van der Waals surface area (Å²) >= 11 is 6.58. The molecule has 0 radical (unpaired) electrons. The summed E-state index contributed by atoms with van der Waals surface area (Å²) in [5.74, 6) is 0. The molecule has 0 spiro atoms. The molecule has 0 aromatic carbocycles. The first-order valence-electron chi connectivity index (χ1n) is 3.10. The van der Waals surface area contributed by atoms with Gasteiger partial charge in [-0.25, -0.2) is 0 Å². The zero-order valence-electron chi connectivity index (χ0n) is 5.69. The van der Waals surface area contributed by atoms with Crippen molar-refractivity contribution in [2.45, 2.75) is 36.0 Å². The van der Waals surface area contributed by atoms with E-state index in [1.165, 1.54) is 0 Å². The minimum absolute atomic E-state index is 0.148. The van der Waals surface area contributed by atoms with Gasteiger partial charge in [-0.2, -0.15) is 0 Å². The second-order valence-electron chi connectivity index (χ2n) is 2.05. The van der Waals surface area contributed by atoms with Crippen LogP contribution >= 0.6 is 31.9 Å². The van der Waals surface area contributed by atoms with Gasteiger partial charge in [-0.15, -0.1) is 0 Å². The zero-order chi connectivity index (χ0) is 7.49. The molecule has 0 fully saturated rings. The van der Waals surface area contributed by atoms with Crippen molar-refractivity contribution in [1.29, 1.82) is 0 Å². The Morgan fingerprint density at radius 3 is 2.11 bits per heavy atom. The summed E-state index contributed by atoms with van der Waals surface area (Å²) in [7, 11) is 0. The van der Waals surface area contributed by atoms with Crippen molar-refractivity contribution in [2.75, 3.05) is 0 Å². The highest BCUT2D eigenvalue weighted by molar-refractivity contribution is 9.12. The molecule has 1 N–H and O–H groups in total. The van der Waals surface area contributed by atoms with Gasteiger partial charge in [-0.3, -0.25) is 0 Å². The van der Waals surface area contributed by atoms with Gasteiger partial charge in [-0.1, -0.05) is 45.7 Å². The summed E-state index contributed by atoms with van der Waals surface area (Å²) in [6.07, 6.45) is 1.65. The Morgan fingerprint density at radius 2 is 2.00 bits per heavy atom. The molecule has 9 heavy (non-hydrogen) atoms. The Balaban J connectivity index is 3.80. The van der Waals surface area contributed by atoms with E-state index >= 15 is 0 Å². The van der Waals surface area contributed by atoms with E-state index in [-0.39, 0.29) is 4.83 Å². The van der Waals surface area contributed by atoms with Crippen LogP contribution in [0.4, 0.5) is 0 Å². The van der Waals surface area contributed by atoms with Gasteiger partial charge >= 0.3 is 0 Å². The molecule has 0 amide bonds. The standard InChI is InChI=1S/C6H12Br2O/c1-3-5(7)6(8,9)4-2/h5,9H,3-4H2,1-2H3. The Bertz CT molecular complexity index is 83.1.